The Kier molecular flexibility index (Phi) is 6.79. The lowest BCUT2D eigenvalue weighted by Gasteiger charge is -2.36. The van der Waals surface area contributed by atoms with E-state index in [1.165, 1.54) is 55.5 Å². The molecule has 0 unspecified atom stereocenters. The third kappa shape index (κ3) is 4.65. The van der Waals surface area contributed by atoms with Crippen LogP contribution in [-0.2, 0) is 11.3 Å². The predicted molar refractivity (Wildman–Crippen MR) is 114 cm³/mol. The predicted octanol–water partition coefficient (Wildman–Crippen LogP) is 4.89. The zero-order chi connectivity index (χ0) is 19.2. The van der Waals surface area contributed by atoms with Gasteiger partial charge in [0, 0.05) is 18.6 Å². The van der Waals surface area contributed by atoms with Gasteiger partial charge in [0.25, 0.3) is 0 Å². The quantitative estimate of drug-likeness (QED) is 0.744. The summed E-state index contributed by atoms with van der Waals surface area (Å²) in [6.45, 7) is 3.37. The Bertz CT molecular complexity index is 709. The molecule has 2 aliphatic rings. The van der Waals surface area contributed by atoms with E-state index in [-0.39, 0.29) is 12.7 Å². The van der Waals surface area contributed by atoms with E-state index >= 15 is 0 Å². The summed E-state index contributed by atoms with van der Waals surface area (Å²) in [6.07, 6.45) is 7.47. The van der Waals surface area contributed by atoms with Crippen LogP contribution in [0.5, 0.6) is 0 Å². The topological polar surface area (TPSA) is 32.7 Å². The van der Waals surface area contributed by atoms with E-state index in [4.69, 9.17) is 4.74 Å². The van der Waals surface area contributed by atoms with E-state index in [0.29, 0.717) is 18.6 Å². The van der Waals surface area contributed by atoms with Gasteiger partial charge in [0.15, 0.2) is 0 Å². The number of aliphatic hydroxyl groups is 1. The number of benzene rings is 2. The minimum Gasteiger partial charge on any atom is -0.396 e. The maximum Gasteiger partial charge on any atom is 0.0720 e. The molecule has 28 heavy (non-hydrogen) atoms. The Morgan fingerprint density at radius 2 is 1.57 bits per heavy atom. The third-order valence-corrected chi connectivity index (χ3v) is 6.57. The van der Waals surface area contributed by atoms with Crippen molar-refractivity contribution in [3.05, 3.63) is 60.2 Å². The molecule has 1 saturated carbocycles. The number of ether oxygens (including phenoxy) is 1. The van der Waals surface area contributed by atoms with Crippen LogP contribution in [0.3, 0.4) is 0 Å². The van der Waals surface area contributed by atoms with E-state index < -0.39 is 0 Å². The van der Waals surface area contributed by atoms with Gasteiger partial charge in [-0.25, -0.2) is 0 Å². The second-order valence-electron chi connectivity index (χ2n) is 8.33. The Morgan fingerprint density at radius 3 is 2.29 bits per heavy atom. The number of piperidine rings is 1. The third-order valence-electron chi connectivity index (χ3n) is 6.57. The number of rotatable bonds is 7. The molecule has 1 aliphatic heterocycles. The molecule has 0 aromatic heterocycles. The van der Waals surface area contributed by atoms with E-state index in [9.17, 15) is 5.11 Å². The van der Waals surface area contributed by atoms with E-state index in [0.717, 1.165) is 12.8 Å². The van der Waals surface area contributed by atoms with Gasteiger partial charge in [-0.05, 0) is 61.9 Å². The first-order valence-corrected chi connectivity index (χ1v) is 11.0. The highest BCUT2D eigenvalue weighted by molar-refractivity contribution is 5.63. The summed E-state index contributed by atoms with van der Waals surface area (Å²) in [5.74, 6) is 0.465. The van der Waals surface area contributed by atoms with Gasteiger partial charge in [-0.15, -0.1) is 0 Å². The summed E-state index contributed by atoms with van der Waals surface area (Å²) < 4.78 is 6.38. The molecule has 0 amide bonds. The monoisotopic (exact) mass is 379 g/mol. The van der Waals surface area contributed by atoms with Crippen molar-refractivity contribution in [3.8, 4) is 11.1 Å². The van der Waals surface area contributed by atoms with Crippen molar-refractivity contribution in [2.45, 2.75) is 57.3 Å². The van der Waals surface area contributed by atoms with E-state index in [2.05, 4.69) is 53.4 Å². The molecular weight excluding hydrogens is 346 g/mol. The van der Waals surface area contributed by atoms with Crippen molar-refractivity contribution < 1.29 is 9.84 Å². The van der Waals surface area contributed by atoms with Crippen molar-refractivity contribution in [2.24, 2.45) is 5.92 Å². The summed E-state index contributed by atoms with van der Waals surface area (Å²) >= 11 is 0. The van der Waals surface area contributed by atoms with Crippen LogP contribution in [0.4, 0.5) is 0 Å². The van der Waals surface area contributed by atoms with E-state index in [1.54, 1.807) is 0 Å². The maximum atomic E-state index is 9.61. The first-order valence-electron chi connectivity index (χ1n) is 11.0. The van der Waals surface area contributed by atoms with Crippen molar-refractivity contribution in [2.75, 3.05) is 19.7 Å². The molecule has 0 radical (unpaired) electrons. The molecule has 1 N–H and O–H groups in total. The number of hydrogen-bond donors (Lipinski definition) is 1. The molecule has 1 saturated heterocycles. The Balaban J connectivity index is 1.35. The van der Waals surface area contributed by atoms with Gasteiger partial charge in [0.1, 0.15) is 0 Å². The molecule has 3 atom stereocenters. The van der Waals surface area contributed by atoms with Crippen LogP contribution >= 0.6 is 0 Å². The molecule has 3 nitrogen and oxygen atoms in total. The lowest BCUT2D eigenvalue weighted by molar-refractivity contribution is -0.00867. The fraction of sp³-hybridized carbons (Fsp3) is 0.520. The molecule has 1 heterocycles. The Morgan fingerprint density at radius 1 is 0.857 bits per heavy atom. The molecule has 0 bridgehead atoms. The standard InChI is InChI=1S/C25H33NO2/c27-18-15-23-24(26-16-5-2-6-17-26)13-14-25(23)28-19-20-9-11-22(12-10-20)21-7-3-1-4-8-21/h1,3-4,7-12,23-25,27H,2,5-6,13-19H2/t23-,24+,25+/m1/s1. The highest BCUT2D eigenvalue weighted by Crippen LogP contribution is 2.36. The van der Waals surface area contributed by atoms with E-state index in [1.807, 2.05) is 6.07 Å². The number of nitrogens with zero attached hydrogens (tertiary/aromatic N) is 1. The van der Waals surface area contributed by atoms with Crippen LogP contribution < -0.4 is 0 Å². The molecular formula is C25H33NO2. The molecule has 2 aromatic carbocycles. The van der Waals surface area contributed by atoms with Gasteiger partial charge in [0.2, 0.25) is 0 Å². The van der Waals surface area contributed by atoms with Crippen molar-refractivity contribution in [1.82, 2.24) is 4.90 Å². The van der Waals surface area contributed by atoms with Crippen LogP contribution in [0, 0.1) is 5.92 Å². The first kappa shape index (κ1) is 19.6. The minimum atomic E-state index is 0.265. The average molecular weight is 380 g/mol. The summed E-state index contributed by atoms with van der Waals surface area (Å²) in [6, 6.07) is 19.8. The van der Waals surface area contributed by atoms with Crippen LogP contribution in [0.25, 0.3) is 11.1 Å². The molecule has 2 aromatic rings. The van der Waals surface area contributed by atoms with Gasteiger partial charge >= 0.3 is 0 Å². The fourth-order valence-electron chi connectivity index (χ4n) is 5.08. The van der Waals surface area contributed by atoms with Crippen molar-refractivity contribution in [3.63, 3.8) is 0 Å². The number of likely N-dealkylation sites (tertiary alicyclic amines) is 1. The van der Waals surface area contributed by atoms with Crippen molar-refractivity contribution in [1.29, 1.82) is 0 Å². The maximum absolute atomic E-state index is 9.61. The van der Waals surface area contributed by atoms with Gasteiger partial charge in [-0.3, -0.25) is 0 Å². The second kappa shape index (κ2) is 9.69. The SMILES string of the molecule is OCC[C@H]1[C@@H](OCc2ccc(-c3ccccc3)cc2)CC[C@@H]1N1CCCCC1. The summed E-state index contributed by atoms with van der Waals surface area (Å²) in [4.78, 5) is 2.67. The number of aliphatic hydroxyl groups excluding tert-OH is 1. The molecule has 2 fully saturated rings. The summed E-state index contributed by atoms with van der Waals surface area (Å²) in [7, 11) is 0. The number of hydrogen-bond acceptors (Lipinski definition) is 3. The van der Waals surface area contributed by atoms with Gasteiger partial charge < -0.3 is 14.7 Å². The summed E-state index contributed by atoms with van der Waals surface area (Å²) in [5, 5.41) is 9.61. The molecule has 1 aliphatic carbocycles. The van der Waals surface area contributed by atoms with Gasteiger partial charge in [-0.1, -0.05) is 61.0 Å². The highest BCUT2D eigenvalue weighted by Gasteiger charge is 2.39. The van der Waals surface area contributed by atoms with Crippen LogP contribution in [0.15, 0.2) is 54.6 Å². The highest BCUT2D eigenvalue weighted by atomic mass is 16.5. The Labute approximate surface area is 169 Å². The molecule has 150 valence electrons. The van der Waals surface area contributed by atoms with Crippen LogP contribution in [-0.4, -0.2) is 41.8 Å². The zero-order valence-electron chi connectivity index (χ0n) is 16.8. The lowest BCUT2D eigenvalue weighted by Crippen LogP contribution is -2.43. The lowest BCUT2D eigenvalue weighted by atomic mass is 9.95. The average Bonchev–Trinajstić information content (AvgIpc) is 3.17. The van der Waals surface area contributed by atoms with Crippen molar-refractivity contribution >= 4 is 0 Å². The Hall–Kier alpha value is -1.68. The fourth-order valence-corrected chi connectivity index (χ4v) is 5.08. The smallest absolute Gasteiger partial charge is 0.0720 e. The minimum absolute atomic E-state index is 0.265. The summed E-state index contributed by atoms with van der Waals surface area (Å²) in [5.41, 5.74) is 3.72. The first-order chi connectivity index (χ1) is 13.8. The zero-order valence-corrected chi connectivity index (χ0v) is 16.8. The largest absolute Gasteiger partial charge is 0.396 e. The van der Waals surface area contributed by atoms with Crippen LogP contribution in [0.2, 0.25) is 0 Å². The van der Waals surface area contributed by atoms with Gasteiger partial charge in [0.05, 0.1) is 12.7 Å². The van der Waals surface area contributed by atoms with Gasteiger partial charge in [-0.2, -0.15) is 0 Å². The van der Waals surface area contributed by atoms with Crippen LogP contribution in [0.1, 0.15) is 44.1 Å². The second-order valence-corrected chi connectivity index (χ2v) is 8.33. The normalized spacial score (nSPS) is 25.8. The molecule has 3 heteroatoms. The molecule has 4 rings (SSSR count). The molecule has 0 spiro atoms.